The van der Waals surface area contributed by atoms with Crippen LogP contribution in [0.2, 0.25) is 0 Å². The van der Waals surface area contributed by atoms with E-state index in [1.807, 2.05) is 30.3 Å². The molecule has 0 saturated carbocycles. The topological polar surface area (TPSA) is 104 Å². The molecule has 0 aliphatic heterocycles. The molecule has 0 aliphatic rings. The summed E-state index contributed by atoms with van der Waals surface area (Å²) >= 11 is 0. The van der Waals surface area contributed by atoms with Crippen LogP contribution < -0.4 is 20.3 Å². The van der Waals surface area contributed by atoms with Gasteiger partial charge >= 0.3 is 6.09 Å². The van der Waals surface area contributed by atoms with Crippen LogP contribution in [0.5, 0.6) is 11.5 Å². The summed E-state index contributed by atoms with van der Waals surface area (Å²) in [5, 5.41) is 4.42. The van der Waals surface area contributed by atoms with Gasteiger partial charge in [0.25, 0.3) is 5.91 Å². The van der Waals surface area contributed by atoms with Crippen LogP contribution >= 0.6 is 0 Å². The first kappa shape index (κ1) is 20.7. The van der Waals surface area contributed by atoms with Crippen LogP contribution in [0.25, 0.3) is 16.8 Å². The van der Waals surface area contributed by atoms with Crippen LogP contribution in [-0.2, 0) is 4.74 Å². The zero-order valence-corrected chi connectivity index (χ0v) is 16.8. The van der Waals surface area contributed by atoms with E-state index in [2.05, 4.69) is 16.0 Å². The molecular formula is C21H22N4O5. The van der Waals surface area contributed by atoms with Crippen LogP contribution in [0.4, 0.5) is 4.79 Å². The average Bonchev–Trinajstić information content (AvgIpc) is 3.23. The van der Waals surface area contributed by atoms with Crippen molar-refractivity contribution in [1.82, 2.24) is 20.6 Å². The molecule has 156 valence electrons. The highest BCUT2D eigenvalue weighted by atomic mass is 16.6. The van der Waals surface area contributed by atoms with Crippen molar-refractivity contribution < 1.29 is 23.8 Å². The van der Waals surface area contributed by atoms with Gasteiger partial charge in [0.2, 0.25) is 0 Å². The minimum atomic E-state index is -0.763. The largest absolute Gasteiger partial charge is 0.493 e. The van der Waals surface area contributed by atoms with Crippen molar-refractivity contribution in [3.8, 4) is 28.3 Å². The molecule has 0 spiro atoms. The third kappa shape index (κ3) is 4.52. The van der Waals surface area contributed by atoms with Gasteiger partial charge in [-0.25, -0.2) is 14.9 Å². The van der Waals surface area contributed by atoms with E-state index in [4.69, 9.17) is 14.2 Å². The van der Waals surface area contributed by atoms with E-state index in [-0.39, 0.29) is 12.3 Å². The van der Waals surface area contributed by atoms with Gasteiger partial charge in [-0.15, -0.1) is 0 Å². The van der Waals surface area contributed by atoms with Gasteiger partial charge in [0, 0.05) is 11.8 Å². The fraction of sp³-hybridized carbons (Fsp3) is 0.190. The molecule has 0 radical (unpaired) electrons. The van der Waals surface area contributed by atoms with E-state index >= 15 is 0 Å². The first-order valence-corrected chi connectivity index (χ1v) is 9.18. The first-order valence-electron chi connectivity index (χ1n) is 9.18. The molecular weight excluding hydrogens is 388 g/mol. The Morgan fingerprint density at radius 3 is 2.40 bits per heavy atom. The molecule has 0 bridgehead atoms. The van der Waals surface area contributed by atoms with E-state index in [9.17, 15) is 9.59 Å². The highest BCUT2D eigenvalue weighted by molar-refractivity contribution is 5.99. The smallest absolute Gasteiger partial charge is 0.426 e. The normalized spacial score (nSPS) is 10.2. The Balaban J connectivity index is 2.01. The van der Waals surface area contributed by atoms with Gasteiger partial charge in [-0.2, -0.15) is 5.10 Å². The van der Waals surface area contributed by atoms with Crippen molar-refractivity contribution in [2.24, 2.45) is 0 Å². The summed E-state index contributed by atoms with van der Waals surface area (Å²) in [5.74, 6) is 0.479. The number of hydrogen-bond acceptors (Lipinski definition) is 6. The van der Waals surface area contributed by atoms with Gasteiger partial charge < -0.3 is 14.2 Å². The molecule has 0 aliphatic carbocycles. The van der Waals surface area contributed by atoms with Gasteiger partial charge in [0.1, 0.15) is 0 Å². The van der Waals surface area contributed by atoms with E-state index in [0.29, 0.717) is 22.6 Å². The summed E-state index contributed by atoms with van der Waals surface area (Å²) in [6.07, 6.45) is 0.969. The Labute approximate surface area is 173 Å². The number of ether oxygens (including phenoxy) is 3. The lowest BCUT2D eigenvalue weighted by Crippen LogP contribution is -2.42. The number of methoxy groups -OCH3 is 2. The molecule has 1 heterocycles. The van der Waals surface area contributed by atoms with Crippen molar-refractivity contribution in [2.45, 2.75) is 6.92 Å². The molecule has 0 unspecified atom stereocenters. The Morgan fingerprint density at radius 1 is 1.00 bits per heavy atom. The number of aromatic nitrogens is 2. The zero-order chi connectivity index (χ0) is 21.5. The molecule has 3 rings (SSSR count). The number of carbonyl (C=O) groups is 2. The number of hydrazine groups is 1. The predicted molar refractivity (Wildman–Crippen MR) is 110 cm³/mol. The second-order valence-electron chi connectivity index (χ2n) is 6.04. The monoisotopic (exact) mass is 410 g/mol. The third-order valence-electron chi connectivity index (χ3n) is 4.20. The molecule has 2 N–H and O–H groups in total. The third-order valence-corrected chi connectivity index (χ3v) is 4.20. The Morgan fingerprint density at radius 2 is 1.73 bits per heavy atom. The molecule has 2 amide bonds. The molecule has 0 fully saturated rings. The van der Waals surface area contributed by atoms with E-state index in [0.717, 1.165) is 5.69 Å². The van der Waals surface area contributed by atoms with Crippen molar-refractivity contribution in [2.75, 3.05) is 20.8 Å². The van der Waals surface area contributed by atoms with Crippen LogP contribution in [0.3, 0.4) is 0 Å². The van der Waals surface area contributed by atoms with E-state index < -0.39 is 12.0 Å². The number of carbonyl (C=O) groups excluding carboxylic acids is 2. The maximum Gasteiger partial charge on any atom is 0.426 e. The fourth-order valence-electron chi connectivity index (χ4n) is 2.80. The molecule has 9 nitrogen and oxygen atoms in total. The quantitative estimate of drug-likeness (QED) is 0.606. The Bertz CT molecular complexity index is 1030. The number of rotatable bonds is 6. The number of hydrogen-bond donors (Lipinski definition) is 2. The van der Waals surface area contributed by atoms with Gasteiger partial charge in [-0.1, -0.05) is 24.3 Å². The second kappa shape index (κ2) is 9.46. The summed E-state index contributed by atoms with van der Waals surface area (Å²) in [4.78, 5) is 24.3. The SMILES string of the molecule is CCOC(=O)NNC(=O)c1nn(-c2ccccc2)cc1-c1ccc(OC)c(OC)c1. The van der Waals surface area contributed by atoms with Gasteiger partial charge in [-0.05, 0) is 36.8 Å². The van der Waals surface area contributed by atoms with Crippen molar-refractivity contribution in [1.29, 1.82) is 0 Å². The van der Waals surface area contributed by atoms with Crippen LogP contribution in [0, 0.1) is 0 Å². The lowest BCUT2D eigenvalue weighted by Gasteiger charge is -2.10. The highest BCUT2D eigenvalue weighted by Gasteiger charge is 2.21. The molecule has 2 aromatic carbocycles. The van der Waals surface area contributed by atoms with Gasteiger partial charge in [-0.3, -0.25) is 10.2 Å². The Hall–Kier alpha value is -4.01. The second-order valence-corrected chi connectivity index (χ2v) is 6.04. The summed E-state index contributed by atoms with van der Waals surface area (Å²) in [5.41, 5.74) is 6.63. The first-order chi connectivity index (χ1) is 14.6. The summed E-state index contributed by atoms with van der Waals surface area (Å²) in [6, 6.07) is 14.6. The van der Waals surface area contributed by atoms with E-state index in [1.54, 1.807) is 43.1 Å². The minimum absolute atomic E-state index is 0.114. The maximum atomic E-state index is 12.8. The lowest BCUT2D eigenvalue weighted by molar-refractivity contribution is 0.0908. The number of nitrogens with zero attached hydrogens (tertiary/aromatic N) is 2. The molecule has 0 atom stereocenters. The lowest BCUT2D eigenvalue weighted by atomic mass is 10.1. The van der Waals surface area contributed by atoms with E-state index in [1.165, 1.54) is 7.11 Å². The molecule has 1 aromatic heterocycles. The van der Waals surface area contributed by atoms with Crippen molar-refractivity contribution in [3.05, 3.63) is 60.4 Å². The fourth-order valence-corrected chi connectivity index (χ4v) is 2.80. The molecule has 30 heavy (non-hydrogen) atoms. The minimum Gasteiger partial charge on any atom is -0.493 e. The van der Waals surface area contributed by atoms with Gasteiger partial charge in [0.15, 0.2) is 17.2 Å². The molecule has 0 saturated heterocycles. The molecule has 9 heteroatoms. The summed E-state index contributed by atoms with van der Waals surface area (Å²) < 4.78 is 17.0. The Kier molecular flexibility index (Phi) is 6.53. The zero-order valence-electron chi connectivity index (χ0n) is 16.8. The van der Waals surface area contributed by atoms with Crippen LogP contribution in [0.1, 0.15) is 17.4 Å². The maximum absolute atomic E-state index is 12.8. The van der Waals surface area contributed by atoms with Crippen LogP contribution in [0.15, 0.2) is 54.7 Å². The summed E-state index contributed by atoms with van der Waals surface area (Å²) in [7, 11) is 3.08. The van der Waals surface area contributed by atoms with Crippen LogP contribution in [-0.4, -0.2) is 42.6 Å². The van der Waals surface area contributed by atoms with Crippen molar-refractivity contribution >= 4 is 12.0 Å². The predicted octanol–water partition coefficient (Wildman–Crippen LogP) is 2.95. The molecule has 3 aromatic rings. The highest BCUT2D eigenvalue weighted by Crippen LogP contribution is 2.33. The van der Waals surface area contributed by atoms with Crippen molar-refractivity contribution in [3.63, 3.8) is 0 Å². The number of benzene rings is 2. The van der Waals surface area contributed by atoms with Gasteiger partial charge in [0.05, 0.1) is 26.5 Å². The number of para-hydroxylation sites is 1. The average molecular weight is 410 g/mol. The summed E-state index contributed by atoms with van der Waals surface area (Å²) in [6.45, 7) is 1.85. The number of amides is 2. The number of nitrogens with one attached hydrogen (secondary N) is 2. The standard InChI is InChI=1S/C21H22N4O5/c1-4-30-21(27)23-22-20(26)19-16(13-25(24-19)15-8-6-5-7-9-15)14-10-11-17(28-2)18(12-14)29-3/h5-13H,4H2,1-3H3,(H,22,26)(H,23,27).